The lowest BCUT2D eigenvalue weighted by Crippen LogP contribution is -2.41. The molecule has 0 heterocycles. The van der Waals surface area contributed by atoms with E-state index >= 15 is 0 Å². The zero-order valence-corrected chi connectivity index (χ0v) is 13.1. The van der Waals surface area contributed by atoms with Crippen LogP contribution in [-0.2, 0) is 10.0 Å². The Kier molecular flexibility index (Phi) is 5.98. The molecule has 1 aromatic carbocycles. The van der Waals surface area contributed by atoms with Gasteiger partial charge in [-0.3, -0.25) is 4.79 Å². The van der Waals surface area contributed by atoms with Crippen LogP contribution in [0.1, 0.15) is 24.2 Å². The van der Waals surface area contributed by atoms with Gasteiger partial charge in [-0.05, 0) is 38.1 Å². The highest BCUT2D eigenvalue weighted by Crippen LogP contribution is 2.12. The first-order valence-corrected chi connectivity index (χ1v) is 8.04. The van der Waals surface area contributed by atoms with E-state index in [9.17, 15) is 22.0 Å². The summed E-state index contributed by atoms with van der Waals surface area (Å²) < 4.78 is 52.1. The Bertz CT molecular complexity index is 616. The summed E-state index contributed by atoms with van der Waals surface area (Å²) in [6.45, 7) is 1.61. The normalized spacial score (nSPS) is 12.5. The van der Waals surface area contributed by atoms with Crippen molar-refractivity contribution >= 4 is 15.9 Å². The standard InChI is InChI=1S/C13H19F2N3O3S/c1-9(2)18-22(20,21)11-5-3-10(4-6-11)12(19)17-8-13(14,15)7-16/h3-6,9,18H,7-8,16H2,1-2H3,(H,17,19). The zero-order valence-electron chi connectivity index (χ0n) is 12.3. The quantitative estimate of drug-likeness (QED) is 0.682. The van der Waals surface area contributed by atoms with Crippen LogP contribution in [-0.4, -0.2) is 39.4 Å². The number of halogens is 2. The molecule has 0 aromatic heterocycles. The lowest BCUT2D eigenvalue weighted by molar-refractivity contribution is 0.0118. The summed E-state index contributed by atoms with van der Waals surface area (Å²) in [5.41, 5.74) is 4.94. The molecule has 9 heteroatoms. The number of benzene rings is 1. The lowest BCUT2D eigenvalue weighted by Gasteiger charge is -2.14. The first kappa shape index (κ1) is 18.5. The second-order valence-corrected chi connectivity index (χ2v) is 6.76. The summed E-state index contributed by atoms with van der Waals surface area (Å²) in [6, 6.07) is 4.71. The van der Waals surface area contributed by atoms with Crippen LogP contribution in [0.4, 0.5) is 8.78 Å². The molecule has 0 radical (unpaired) electrons. The Morgan fingerprint density at radius 3 is 2.27 bits per heavy atom. The predicted octanol–water partition coefficient (Wildman–Crippen LogP) is 0.697. The van der Waals surface area contributed by atoms with Crippen LogP contribution in [0, 0.1) is 0 Å². The number of rotatable bonds is 7. The van der Waals surface area contributed by atoms with E-state index in [-0.39, 0.29) is 16.5 Å². The van der Waals surface area contributed by atoms with Crippen molar-refractivity contribution in [3.05, 3.63) is 29.8 Å². The van der Waals surface area contributed by atoms with Gasteiger partial charge in [-0.2, -0.15) is 0 Å². The molecule has 1 rings (SSSR count). The maximum Gasteiger partial charge on any atom is 0.277 e. The Balaban J connectivity index is 2.79. The summed E-state index contributed by atoms with van der Waals surface area (Å²) in [4.78, 5) is 11.7. The van der Waals surface area contributed by atoms with E-state index in [0.717, 1.165) is 0 Å². The highest BCUT2D eigenvalue weighted by atomic mass is 32.2. The number of hydrogen-bond donors (Lipinski definition) is 3. The number of hydrogen-bond acceptors (Lipinski definition) is 4. The van der Waals surface area contributed by atoms with Gasteiger partial charge in [0.15, 0.2) is 0 Å². The second-order valence-electron chi connectivity index (χ2n) is 5.04. The van der Waals surface area contributed by atoms with Crippen molar-refractivity contribution in [2.75, 3.05) is 13.1 Å². The van der Waals surface area contributed by atoms with E-state index < -0.39 is 34.9 Å². The molecule has 0 atom stereocenters. The minimum Gasteiger partial charge on any atom is -0.346 e. The van der Waals surface area contributed by atoms with Crippen LogP contribution in [0.2, 0.25) is 0 Å². The van der Waals surface area contributed by atoms with E-state index in [1.165, 1.54) is 24.3 Å². The van der Waals surface area contributed by atoms with Gasteiger partial charge in [0.25, 0.3) is 11.8 Å². The fourth-order valence-corrected chi connectivity index (χ4v) is 2.80. The van der Waals surface area contributed by atoms with Crippen LogP contribution in [0.5, 0.6) is 0 Å². The monoisotopic (exact) mass is 335 g/mol. The molecule has 4 N–H and O–H groups in total. The van der Waals surface area contributed by atoms with Crippen molar-refractivity contribution in [2.45, 2.75) is 30.7 Å². The Labute approximate surface area is 128 Å². The van der Waals surface area contributed by atoms with Gasteiger partial charge in [0.05, 0.1) is 18.0 Å². The minimum atomic E-state index is -3.66. The maximum absolute atomic E-state index is 12.9. The topological polar surface area (TPSA) is 101 Å². The number of sulfonamides is 1. The third-order valence-electron chi connectivity index (χ3n) is 2.62. The summed E-state index contributed by atoms with van der Waals surface area (Å²) in [6.07, 6.45) is 0. The zero-order chi connectivity index (χ0) is 17.0. The van der Waals surface area contributed by atoms with Gasteiger partial charge in [0, 0.05) is 11.6 Å². The average molecular weight is 335 g/mol. The van der Waals surface area contributed by atoms with Gasteiger partial charge in [0.2, 0.25) is 10.0 Å². The van der Waals surface area contributed by atoms with Gasteiger partial charge in [-0.25, -0.2) is 21.9 Å². The fraction of sp³-hybridized carbons (Fsp3) is 0.462. The van der Waals surface area contributed by atoms with E-state index in [4.69, 9.17) is 5.73 Å². The van der Waals surface area contributed by atoms with Gasteiger partial charge in [-0.1, -0.05) is 0 Å². The molecule has 0 aliphatic rings. The average Bonchev–Trinajstić information content (AvgIpc) is 2.43. The first-order valence-electron chi connectivity index (χ1n) is 6.56. The molecule has 124 valence electrons. The van der Waals surface area contributed by atoms with Crippen molar-refractivity contribution in [3.63, 3.8) is 0 Å². The Hall–Kier alpha value is -1.58. The number of amides is 1. The molecule has 0 aliphatic heterocycles. The fourth-order valence-electron chi connectivity index (χ4n) is 1.55. The van der Waals surface area contributed by atoms with Crippen molar-refractivity contribution < 1.29 is 22.0 Å². The van der Waals surface area contributed by atoms with Crippen LogP contribution >= 0.6 is 0 Å². The molecule has 0 aliphatic carbocycles. The van der Waals surface area contributed by atoms with Crippen molar-refractivity contribution in [2.24, 2.45) is 5.73 Å². The molecule has 0 unspecified atom stereocenters. The van der Waals surface area contributed by atoms with Crippen molar-refractivity contribution in [3.8, 4) is 0 Å². The van der Waals surface area contributed by atoms with Gasteiger partial charge in [-0.15, -0.1) is 0 Å². The molecule has 0 fully saturated rings. The first-order chi connectivity index (χ1) is 10.1. The molecule has 0 spiro atoms. The smallest absolute Gasteiger partial charge is 0.277 e. The predicted molar refractivity (Wildman–Crippen MR) is 78.2 cm³/mol. The van der Waals surface area contributed by atoms with Crippen LogP contribution in [0.15, 0.2) is 29.2 Å². The molecule has 6 nitrogen and oxygen atoms in total. The third-order valence-corrected chi connectivity index (χ3v) is 4.30. The summed E-state index contributed by atoms with van der Waals surface area (Å²) in [7, 11) is -3.66. The van der Waals surface area contributed by atoms with E-state index in [0.29, 0.717) is 0 Å². The lowest BCUT2D eigenvalue weighted by atomic mass is 10.2. The maximum atomic E-state index is 12.9. The summed E-state index contributed by atoms with van der Waals surface area (Å²) in [5, 5.41) is 2.05. The van der Waals surface area contributed by atoms with Crippen LogP contribution in [0.25, 0.3) is 0 Å². The van der Waals surface area contributed by atoms with Gasteiger partial charge in [0.1, 0.15) is 0 Å². The SMILES string of the molecule is CC(C)NS(=O)(=O)c1ccc(C(=O)NCC(F)(F)CN)cc1. The Morgan fingerprint density at radius 1 is 1.27 bits per heavy atom. The van der Waals surface area contributed by atoms with Crippen LogP contribution in [0.3, 0.4) is 0 Å². The van der Waals surface area contributed by atoms with E-state index in [1.807, 2.05) is 5.32 Å². The number of alkyl halides is 2. The molecule has 1 aromatic rings. The van der Waals surface area contributed by atoms with Crippen molar-refractivity contribution in [1.82, 2.24) is 10.0 Å². The number of carbonyl (C=O) groups excluding carboxylic acids is 1. The molecular weight excluding hydrogens is 316 g/mol. The highest BCUT2D eigenvalue weighted by Gasteiger charge is 2.27. The largest absolute Gasteiger partial charge is 0.346 e. The number of nitrogens with two attached hydrogens (primary N) is 1. The van der Waals surface area contributed by atoms with Gasteiger partial charge >= 0.3 is 0 Å². The number of carbonyl (C=O) groups is 1. The molecule has 0 bridgehead atoms. The Morgan fingerprint density at radius 2 is 1.82 bits per heavy atom. The molecule has 1 amide bonds. The number of nitrogens with one attached hydrogen (secondary N) is 2. The third kappa shape index (κ3) is 5.32. The van der Waals surface area contributed by atoms with E-state index in [2.05, 4.69) is 4.72 Å². The van der Waals surface area contributed by atoms with Crippen LogP contribution < -0.4 is 15.8 Å². The molecule has 0 saturated carbocycles. The summed E-state index contributed by atoms with van der Waals surface area (Å²) >= 11 is 0. The second kappa shape index (κ2) is 7.12. The summed E-state index contributed by atoms with van der Waals surface area (Å²) in [5.74, 6) is -3.91. The van der Waals surface area contributed by atoms with E-state index in [1.54, 1.807) is 13.8 Å². The molecular formula is C13H19F2N3O3S. The molecule has 0 saturated heterocycles. The minimum absolute atomic E-state index is 0.00922. The van der Waals surface area contributed by atoms with Gasteiger partial charge < -0.3 is 11.1 Å². The molecule has 22 heavy (non-hydrogen) atoms. The highest BCUT2D eigenvalue weighted by molar-refractivity contribution is 7.89. The van der Waals surface area contributed by atoms with Crippen molar-refractivity contribution in [1.29, 1.82) is 0 Å².